The van der Waals surface area contributed by atoms with Gasteiger partial charge in [0.1, 0.15) is 0 Å². The smallest absolute Gasteiger partial charge is 0.0228 e. The Morgan fingerprint density at radius 2 is 1.75 bits per heavy atom. The molecule has 0 nitrogen and oxygen atoms in total. The fourth-order valence-corrected chi connectivity index (χ4v) is 2.90. The maximum atomic E-state index is 3.71. The number of rotatable bonds is 4. The second-order valence-electron chi connectivity index (χ2n) is 5.98. The number of allylic oxidation sites excluding steroid dienone is 3. The van der Waals surface area contributed by atoms with Gasteiger partial charge in [-0.15, -0.1) is 6.58 Å². The first-order chi connectivity index (χ1) is 7.61. The normalized spacial score (nSPS) is 27.8. The van der Waals surface area contributed by atoms with Crippen LogP contribution in [0.25, 0.3) is 0 Å². The van der Waals surface area contributed by atoms with Gasteiger partial charge in [-0.3, -0.25) is 0 Å². The lowest BCUT2D eigenvalue weighted by molar-refractivity contribution is 0.443. The second-order valence-corrected chi connectivity index (χ2v) is 5.98. The summed E-state index contributed by atoms with van der Waals surface area (Å²) in [6.07, 6.45) is 13.7. The highest BCUT2D eigenvalue weighted by Gasteiger charge is 2.25. The summed E-state index contributed by atoms with van der Waals surface area (Å²) in [5.74, 6) is 3.64. The molecule has 2 aliphatic carbocycles. The Balaban J connectivity index is 0.000000163. The third-order valence-electron chi connectivity index (χ3n) is 3.61. The maximum absolute atomic E-state index is 3.71. The summed E-state index contributed by atoms with van der Waals surface area (Å²) in [5.41, 5.74) is 0. The summed E-state index contributed by atoms with van der Waals surface area (Å²) in [7, 11) is 0. The van der Waals surface area contributed by atoms with Gasteiger partial charge in [0.05, 0.1) is 0 Å². The maximum Gasteiger partial charge on any atom is -0.0228 e. The Morgan fingerprint density at radius 1 is 1.19 bits per heavy atom. The van der Waals surface area contributed by atoms with E-state index >= 15 is 0 Å². The molecule has 0 aromatic rings. The minimum Gasteiger partial charge on any atom is -0.103 e. The summed E-state index contributed by atoms with van der Waals surface area (Å²) in [6.45, 7) is 10.5. The first-order valence-electron chi connectivity index (χ1n) is 6.91. The van der Waals surface area contributed by atoms with Gasteiger partial charge in [0.2, 0.25) is 0 Å². The molecule has 3 atom stereocenters. The Hall–Kier alpha value is -0.520. The molecule has 3 unspecified atom stereocenters. The van der Waals surface area contributed by atoms with Crippen LogP contribution in [-0.4, -0.2) is 0 Å². The van der Waals surface area contributed by atoms with Crippen molar-refractivity contribution >= 4 is 0 Å². The highest BCUT2D eigenvalue weighted by atomic mass is 14.3. The van der Waals surface area contributed by atoms with Crippen molar-refractivity contribution in [3.8, 4) is 0 Å². The minimum absolute atomic E-state index is 0.822. The predicted molar refractivity (Wildman–Crippen MR) is 73.4 cm³/mol. The summed E-state index contributed by atoms with van der Waals surface area (Å²) in [6, 6.07) is 0. The van der Waals surface area contributed by atoms with Crippen molar-refractivity contribution in [2.24, 2.45) is 23.7 Å². The molecule has 2 rings (SSSR count). The quantitative estimate of drug-likeness (QED) is 0.570. The van der Waals surface area contributed by atoms with Crippen LogP contribution < -0.4 is 0 Å². The van der Waals surface area contributed by atoms with Crippen LogP contribution in [0.3, 0.4) is 0 Å². The third-order valence-corrected chi connectivity index (χ3v) is 3.61. The fourth-order valence-electron chi connectivity index (χ4n) is 2.90. The minimum atomic E-state index is 0.822. The first kappa shape index (κ1) is 13.5. The largest absolute Gasteiger partial charge is 0.103 e. The van der Waals surface area contributed by atoms with Crippen LogP contribution in [0.1, 0.15) is 52.9 Å². The molecule has 0 aromatic heterocycles. The van der Waals surface area contributed by atoms with Gasteiger partial charge in [0.15, 0.2) is 0 Å². The average molecular weight is 220 g/mol. The van der Waals surface area contributed by atoms with Crippen LogP contribution in [0.5, 0.6) is 0 Å². The van der Waals surface area contributed by atoms with E-state index in [1.54, 1.807) is 0 Å². The molecule has 2 aliphatic rings. The molecule has 0 N–H and O–H groups in total. The summed E-state index contributed by atoms with van der Waals surface area (Å²) in [5, 5.41) is 0. The SMILES string of the molecule is C1=CC2CCC1C2.C=CCC(C)CC(C)C. The lowest BCUT2D eigenvalue weighted by atomic mass is 9.96. The van der Waals surface area contributed by atoms with Crippen molar-refractivity contribution in [2.75, 3.05) is 0 Å². The van der Waals surface area contributed by atoms with Gasteiger partial charge >= 0.3 is 0 Å². The molecule has 16 heavy (non-hydrogen) atoms. The first-order valence-corrected chi connectivity index (χ1v) is 6.91. The summed E-state index contributed by atoms with van der Waals surface area (Å²) >= 11 is 0. The highest BCUT2D eigenvalue weighted by Crippen LogP contribution is 2.38. The molecule has 0 heteroatoms. The molecule has 0 amide bonds. The van der Waals surface area contributed by atoms with Crippen molar-refractivity contribution < 1.29 is 0 Å². The van der Waals surface area contributed by atoms with Gasteiger partial charge in [-0.1, -0.05) is 39.0 Å². The van der Waals surface area contributed by atoms with Crippen LogP contribution in [-0.2, 0) is 0 Å². The van der Waals surface area contributed by atoms with Gasteiger partial charge in [-0.05, 0) is 55.8 Å². The fraction of sp³-hybridized carbons (Fsp3) is 0.750. The zero-order valence-corrected chi connectivity index (χ0v) is 11.3. The van der Waals surface area contributed by atoms with E-state index in [0.29, 0.717) is 0 Å². The van der Waals surface area contributed by atoms with Crippen LogP contribution in [0, 0.1) is 23.7 Å². The van der Waals surface area contributed by atoms with E-state index in [1.807, 2.05) is 6.08 Å². The van der Waals surface area contributed by atoms with Gasteiger partial charge in [-0.2, -0.15) is 0 Å². The molecular weight excluding hydrogens is 192 g/mol. The average Bonchev–Trinajstić information content (AvgIpc) is 2.80. The van der Waals surface area contributed by atoms with E-state index in [0.717, 1.165) is 30.1 Å². The molecule has 92 valence electrons. The van der Waals surface area contributed by atoms with Crippen LogP contribution in [0.2, 0.25) is 0 Å². The van der Waals surface area contributed by atoms with Crippen molar-refractivity contribution in [3.05, 3.63) is 24.8 Å². The van der Waals surface area contributed by atoms with Crippen LogP contribution in [0.15, 0.2) is 24.8 Å². The molecule has 0 aliphatic heterocycles. The van der Waals surface area contributed by atoms with E-state index < -0.39 is 0 Å². The van der Waals surface area contributed by atoms with Gasteiger partial charge < -0.3 is 0 Å². The van der Waals surface area contributed by atoms with Crippen molar-refractivity contribution in [3.63, 3.8) is 0 Å². The monoisotopic (exact) mass is 220 g/mol. The second kappa shape index (κ2) is 6.93. The Morgan fingerprint density at radius 3 is 2.00 bits per heavy atom. The molecule has 0 heterocycles. The molecule has 0 saturated heterocycles. The van der Waals surface area contributed by atoms with Crippen molar-refractivity contribution in [1.82, 2.24) is 0 Å². The third kappa shape index (κ3) is 5.01. The Labute approximate surface area is 102 Å². The van der Waals surface area contributed by atoms with Crippen molar-refractivity contribution in [1.29, 1.82) is 0 Å². The molecule has 1 saturated carbocycles. The summed E-state index contributed by atoms with van der Waals surface area (Å²) in [4.78, 5) is 0. The van der Waals surface area contributed by atoms with E-state index in [2.05, 4.69) is 39.5 Å². The lowest BCUT2D eigenvalue weighted by Crippen LogP contribution is -1.97. The topological polar surface area (TPSA) is 0 Å². The van der Waals surface area contributed by atoms with Gasteiger partial charge in [-0.25, -0.2) is 0 Å². The zero-order chi connectivity index (χ0) is 12.0. The number of hydrogen-bond acceptors (Lipinski definition) is 0. The molecule has 0 aromatic carbocycles. The Bertz CT molecular complexity index is 212. The predicted octanol–water partition coefficient (Wildman–Crippen LogP) is 5.22. The molecule has 0 radical (unpaired) electrons. The Kier molecular flexibility index (Phi) is 5.87. The van der Waals surface area contributed by atoms with Gasteiger partial charge in [0, 0.05) is 0 Å². The number of fused-ring (bicyclic) bond motifs is 2. The lowest BCUT2D eigenvalue weighted by Gasteiger charge is -2.10. The highest BCUT2D eigenvalue weighted by molar-refractivity contribution is 5.06. The number of hydrogen-bond donors (Lipinski definition) is 0. The van der Waals surface area contributed by atoms with Gasteiger partial charge in [0.25, 0.3) is 0 Å². The van der Waals surface area contributed by atoms with Crippen LogP contribution >= 0.6 is 0 Å². The molecule has 0 spiro atoms. The molecule has 1 fully saturated rings. The zero-order valence-electron chi connectivity index (χ0n) is 11.3. The molecular formula is C16H28. The van der Waals surface area contributed by atoms with E-state index in [4.69, 9.17) is 0 Å². The van der Waals surface area contributed by atoms with E-state index in [9.17, 15) is 0 Å². The van der Waals surface area contributed by atoms with Crippen LogP contribution in [0.4, 0.5) is 0 Å². The van der Waals surface area contributed by atoms with E-state index in [1.165, 1.54) is 25.7 Å². The summed E-state index contributed by atoms with van der Waals surface area (Å²) < 4.78 is 0. The molecule has 2 bridgehead atoms. The standard InChI is InChI=1S/C9H18.C7H10/c1-5-6-9(4)7-8(2)3;1-2-7-4-3-6(1)5-7/h5,8-9H,1,6-7H2,2-4H3;1-2,6-7H,3-5H2. The van der Waals surface area contributed by atoms with Crippen molar-refractivity contribution in [2.45, 2.75) is 52.9 Å². The van der Waals surface area contributed by atoms with E-state index in [-0.39, 0.29) is 0 Å².